The van der Waals surface area contributed by atoms with Crippen LogP contribution in [0.2, 0.25) is 0 Å². The first-order valence-electron chi connectivity index (χ1n) is 4.68. The number of rotatable bonds is 2. The first-order valence-corrected chi connectivity index (χ1v) is 4.68. The Kier molecular flexibility index (Phi) is 5.14. The van der Waals surface area contributed by atoms with E-state index in [-0.39, 0.29) is 12.4 Å². The van der Waals surface area contributed by atoms with Gasteiger partial charge in [-0.3, -0.25) is 4.90 Å². The Labute approximate surface area is 82.5 Å². The Hall–Kier alpha value is 0.210. The highest BCUT2D eigenvalue weighted by Gasteiger charge is 2.22. The van der Waals surface area contributed by atoms with Crippen molar-refractivity contribution >= 4 is 0 Å². The molecule has 0 aromatic heterocycles. The van der Waals surface area contributed by atoms with Crippen LogP contribution >= 0.6 is 0 Å². The molecule has 12 heavy (non-hydrogen) atoms. The summed E-state index contributed by atoms with van der Waals surface area (Å²) in [6.07, 6.45) is 1.30. The van der Waals surface area contributed by atoms with Crippen molar-refractivity contribution in [3.8, 4) is 0 Å². The molecule has 0 aliphatic carbocycles. The van der Waals surface area contributed by atoms with E-state index in [0.29, 0.717) is 0 Å². The van der Waals surface area contributed by atoms with Gasteiger partial charge in [0.1, 0.15) is 0 Å². The van der Waals surface area contributed by atoms with Crippen LogP contribution in [0.25, 0.3) is 0 Å². The van der Waals surface area contributed by atoms with Crippen molar-refractivity contribution in [1.82, 2.24) is 4.90 Å². The molecule has 1 fully saturated rings. The van der Waals surface area contributed by atoms with Crippen LogP contribution in [-0.4, -0.2) is 56.2 Å². The summed E-state index contributed by atoms with van der Waals surface area (Å²) in [6, 6.07) is 0. The fraction of sp³-hybridized carbons (Fsp3) is 1.00. The molecule has 0 aromatic rings. The molecule has 74 valence electrons. The fourth-order valence-corrected chi connectivity index (χ4v) is 1.59. The second kappa shape index (κ2) is 5.05. The number of hydrogen-bond donors (Lipinski definition) is 0. The van der Waals surface area contributed by atoms with E-state index in [1.807, 2.05) is 0 Å². The summed E-state index contributed by atoms with van der Waals surface area (Å²) in [5.74, 6) is 0. The number of nitrogens with zero attached hydrogens (tertiary/aromatic N) is 2. The molecule has 0 N–H and O–H groups in total. The van der Waals surface area contributed by atoms with Gasteiger partial charge in [0.05, 0.1) is 27.2 Å². The average molecular weight is 193 g/mol. The van der Waals surface area contributed by atoms with E-state index in [9.17, 15) is 0 Å². The van der Waals surface area contributed by atoms with E-state index < -0.39 is 0 Å². The lowest BCUT2D eigenvalue weighted by Gasteiger charge is -2.38. The molecular formula is C9H21ClN2. The minimum Gasteiger partial charge on any atom is -1.00 e. The number of halogens is 1. The van der Waals surface area contributed by atoms with Gasteiger partial charge in [-0.15, -0.1) is 0 Å². The SMILES string of the molecule is CCCN1CC[N+](C)(C)CC1.[Cl-]. The van der Waals surface area contributed by atoms with E-state index in [0.717, 1.165) is 0 Å². The van der Waals surface area contributed by atoms with Gasteiger partial charge in [0, 0.05) is 13.1 Å². The lowest BCUT2D eigenvalue weighted by Crippen LogP contribution is -3.00. The van der Waals surface area contributed by atoms with Crippen molar-refractivity contribution < 1.29 is 16.9 Å². The largest absolute Gasteiger partial charge is 1.00 e. The highest BCUT2D eigenvalue weighted by molar-refractivity contribution is 4.60. The highest BCUT2D eigenvalue weighted by atomic mass is 35.5. The topological polar surface area (TPSA) is 3.24 Å². The third kappa shape index (κ3) is 3.74. The zero-order valence-corrected chi connectivity index (χ0v) is 9.27. The number of quaternary nitrogens is 1. The van der Waals surface area contributed by atoms with Crippen LogP contribution in [0, 0.1) is 0 Å². The number of hydrogen-bond acceptors (Lipinski definition) is 1. The van der Waals surface area contributed by atoms with Gasteiger partial charge in [-0.2, -0.15) is 0 Å². The Morgan fingerprint density at radius 2 is 1.67 bits per heavy atom. The Morgan fingerprint density at radius 1 is 1.17 bits per heavy atom. The molecule has 0 unspecified atom stereocenters. The molecule has 1 aliphatic rings. The molecule has 0 radical (unpaired) electrons. The predicted molar refractivity (Wildman–Crippen MR) is 48.6 cm³/mol. The van der Waals surface area contributed by atoms with Crippen molar-refractivity contribution in [2.24, 2.45) is 0 Å². The second-order valence-corrected chi connectivity index (χ2v) is 4.22. The van der Waals surface area contributed by atoms with Crippen molar-refractivity contribution in [2.45, 2.75) is 13.3 Å². The molecule has 2 nitrogen and oxygen atoms in total. The molecule has 1 rings (SSSR count). The first kappa shape index (κ1) is 12.2. The molecule has 1 aliphatic heterocycles. The summed E-state index contributed by atoms with van der Waals surface area (Å²) < 4.78 is 1.21. The number of likely N-dealkylation sites (N-methyl/N-ethyl adjacent to an activating group) is 1. The van der Waals surface area contributed by atoms with E-state index in [1.165, 1.54) is 43.6 Å². The summed E-state index contributed by atoms with van der Waals surface area (Å²) in [5.41, 5.74) is 0. The van der Waals surface area contributed by atoms with E-state index in [4.69, 9.17) is 0 Å². The smallest absolute Gasteiger partial charge is 0.0912 e. The maximum absolute atomic E-state index is 2.57. The van der Waals surface area contributed by atoms with Gasteiger partial charge < -0.3 is 16.9 Å². The van der Waals surface area contributed by atoms with Crippen molar-refractivity contribution in [3.05, 3.63) is 0 Å². The molecule has 0 saturated carbocycles. The van der Waals surface area contributed by atoms with Gasteiger partial charge in [-0.25, -0.2) is 0 Å². The number of piperazine rings is 1. The third-order valence-corrected chi connectivity index (χ3v) is 2.58. The van der Waals surface area contributed by atoms with Crippen LogP contribution in [0.5, 0.6) is 0 Å². The third-order valence-electron chi connectivity index (χ3n) is 2.58. The average Bonchev–Trinajstić information content (AvgIpc) is 1.94. The molecule has 3 heteroatoms. The molecule has 0 atom stereocenters. The zero-order chi connectivity index (χ0) is 8.32. The van der Waals surface area contributed by atoms with E-state index in [2.05, 4.69) is 25.9 Å². The van der Waals surface area contributed by atoms with Crippen LogP contribution in [0.1, 0.15) is 13.3 Å². The fourth-order valence-electron chi connectivity index (χ4n) is 1.59. The molecule has 0 spiro atoms. The summed E-state index contributed by atoms with van der Waals surface area (Å²) in [4.78, 5) is 2.57. The van der Waals surface area contributed by atoms with Crippen LogP contribution in [-0.2, 0) is 0 Å². The zero-order valence-electron chi connectivity index (χ0n) is 8.52. The molecule has 1 heterocycles. The van der Waals surface area contributed by atoms with Gasteiger partial charge in [-0.05, 0) is 13.0 Å². The molecule has 0 amide bonds. The normalized spacial score (nSPS) is 23.2. The summed E-state index contributed by atoms with van der Waals surface area (Å²) in [7, 11) is 4.65. The summed E-state index contributed by atoms with van der Waals surface area (Å²) >= 11 is 0. The monoisotopic (exact) mass is 192 g/mol. The Balaban J connectivity index is 0.00000121. The van der Waals surface area contributed by atoms with Crippen molar-refractivity contribution in [1.29, 1.82) is 0 Å². The van der Waals surface area contributed by atoms with Crippen molar-refractivity contribution in [2.75, 3.05) is 46.8 Å². The lowest BCUT2D eigenvalue weighted by molar-refractivity contribution is -0.894. The van der Waals surface area contributed by atoms with Gasteiger partial charge in [0.15, 0.2) is 0 Å². The van der Waals surface area contributed by atoms with Gasteiger partial charge >= 0.3 is 0 Å². The molecule has 0 bridgehead atoms. The lowest BCUT2D eigenvalue weighted by atomic mass is 10.3. The quantitative estimate of drug-likeness (QED) is 0.449. The highest BCUT2D eigenvalue weighted by Crippen LogP contribution is 2.06. The first-order chi connectivity index (χ1) is 5.14. The minimum absolute atomic E-state index is 0. The van der Waals surface area contributed by atoms with Crippen molar-refractivity contribution in [3.63, 3.8) is 0 Å². The second-order valence-electron chi connectivity index (χ2n) is 4.22. The minimum atomic E-state index is 0. The summed E-state index contributed by atoms with van der Waals surface area (Å²) in [6.45, 7) is 8.77. The standard InChI is InChI=1S/C9H21N2.ClH/c1-4-5-10-6-8-11(2,3)9-7-10;/h4-9H2,1-3H3;1H/q+1;/p-1. The van der Waals surface area contributed by atoms with E-state index >= 15 is 0 Å². The molecule has 1 saturated heterocycles. The Bertz CT molecular complexity index is 116. The van der Waals surface area contributed by atoms with Crippen LogP contribution in [0.4, 0.5) is 0 Å². The predicted octanol–water partition coefficient (Wildman–Crippen LogP) is -2.21. The van der Waals surface area contributed by atoms with E-state index in [1.54, 1.807) is 0 Å². The van der Waals surface area contributed by atoms with Gasteiger partial charge in [0.2, 0.25) is 0 Å². The molecule has 0 aromatic carbocycles. The Morgan fingerprint density at radius 3 is 2.08 bits per heavy atom. The maximum Gasteiger partial charge on any atom is 0.0912 e. The van der Waals surface area contributed by atoms with Crippen LogP contribution in [0.3, 0.4) is 0 Å². The summed E-state index contributed by atoms with van der Waals surface area (Å²) in [5, 5.41) is 0. The van der Waals surface area contributed by atoms with Crippen LogP contribution in [0.15, 0.2) is 0 Å². The molecular weight excluding hydrogens is 172 g/mol. The van der Waals surface area contributed by atoms with Gasteiger partial charge in [0.25, 0.3) is 0 Å². The maximum atomic E-state index is 2.57. The van der Waals surface area contributed by atoms with Gasteiger partial charge in [-0.1, -0.05) is 6.92 Å². The van der Waals surface area contributed by atoms with Crippen LogP contribution < -0.4 is 12.4 Å².